The average Bonchev–Trinajstić information content (AvgIpc) is 2.45. The molecular weight excluding hydrogens is 301 g/mol. The van der Waals surface area contributed by atoms with Gasteiger partial charge in [-0.1, -0.05) is 24.3 Å². The maximum Gasteiger partial charge on any atom is 0.416 e. The molecule has 21 heavy (non-hydrogen) atoms. The molecule has 112 valence electrons. The summed E-state index contributed by atoms with van der Waals surface area (Å²) in [4.78, 5) is 0.573. The molecule has 0 aromatic heterocycles. The first kappa shape index (κ1) is 15.7. The number of hydrogen-bond acceptors (Lipinski definition) is 3. The number of phenols is 1. The first-order valence-corrected chi connectivity index (χ1v) is 7.12. The van der Waals surface area contributed by atoms with Gasteiger partial charge in [-0.2, -0.15) is 13.2 Å². The number of aromatic hydroxyl groups is 1. The lowest BCUT2D eigenvalue weighted by Crippen LogP contribution is -2.07. The van der Waals surface area contributed by atoms with Crippen molar-refractivity contribution in [2.24, 2.45) is 0 Å². The van der Waals surface area contributed by atoms with E-state index in [1.54, 1.807) is 18.2 Å². The highest BCUT2D eigenvalue weighted by atomic mass is 32.2. The van der Waals surface area contributed by atoms with E-state index in [9.17, 15) is 23.4 Å². The molecule has 2 aromatic carbocycles. The van der Waals surface area contributed by atoms with E-state index in [4.69, 9.17) is 0 Å². The Balaban J connectivity index is 2.07. The number of benzene rings is 2. The van der Waals surface area contributed by atoms with E-state index in [1.165, 1.54) is 30.0 Å². The molecule has 0 spiro atoms. The van der Waals surface area contributed by atoms with Gasteiger partial charge in [0.1, 0.15) is 5.75 Å². The number of thioether (sulfide) groups is 1. The fraction of sp³-hybridized carbons (Fsp3) is 0.200. The van der Waals surface area contributed by atoms with Crippen LogP contribution in [0.4, 0.5) is 13.2 Å². The summed E-state index contributed by atoms with van der Waals surface area (Å²) in [5.74, 6) is 0.234. The Labute approximate surface area is 124 Å². The van der Waals surface area contributed by atoms with Gasteiger partial charge in [-0.3, -0.25) is 0 Å². The van der Waals surface area contributed by atoms with Crippen molar-refractivity contribution in [3.8, 4) is 5.75 Å². The Morgan fingerprint density at radius 1 is 1.05 bits per heavy atom. The number of para-hydroxylation sites is 1. The third-order valence-electron chi connectivity index (χ3n) is 2.86. The maximum atomic E-state index is 12.6. The Hall–Kier alpha value is -1.66. The van der Waals surface area contributed by atoms with Gasteiger partial charge in [-0.15, -0.1) is 11.8 Å². The van der Waals surface area contributed by atoms with Gasteiger partial charge in [0.2, 0.25) is 0 Å². The Morgan fingerprint density at radius 3 is 2.43 bits per heavy atom. The third-order valence-corrected chi connectivity index (χ3v) is 4.00. The minimum Gasteiger partial charge on any atom is -0.507 e. The number of alkyl halides is 3. The predicted molar refractivity (Wildman–Crippen MR) is 75.2 cm³/mol. The second-order valence-corrected chi connectivity index (χ2v) is 5.48. The van der Waals surface area contributed by atoms with E-state index >= 15 is 0 Å². The van der Waals surface area contributed by atoms with Crippen LogP contribution >= 0.6 is 11.8 Å². The lowest BCUT2D eigenvalue weighted by atomic mass is 10.1. The molecule has 0 aliphatic carbocycles. The second kappa shape index (κ2) is 6.41. The van der Waals surface area contributed by atoms with Gasteiger partial charge in [0.15, 0.2) is 0 Å². The van der Waals surface area contributed by atoms with Crippen molar-refractivity contribution >= 4 is 11.8 Å². The summed E-state index contributed by atoms with van der Waals surface area (Å²) in [6.07, 6.45) is -5.47. The molecule has 0 amide bonds. The van der Waals surface area contributed by atoms with Gasteiger partial charge < -0.3 is 10.2 Å². The van der Waals surface area contributed by atoms with E-state index in [1.807, 2.05) is 0 Å². The van der Waals surface area contributed by atoms with Crippen molar-refractivity contribution in [3.63, 3.8) is 0 Å². The molecule has 2 N–H and O–H groups in total. The van der Waals surface area contributed by atoms with Crippen molar-refractivity contribution in [2.45, 2.75) is 17.2 Å². The molecule has 0 saturated carbocycles. The summed E-state index contributed by atoms with van der Waals surface area (Å²) >= 11 is 1.18. The van der Waals surface area contributed by atoms with Crippen molar-refractivity contribution in [1.82, 2.24) is 0 Å². The molecule has 6 heteroatoms. The third kappa shape index (κ3) is 4.15. The Kier molecular flexibility index (Phi) is 4.80. The summed E-state index contributed by atoms with van der Waals surface area (Å²) in [5.41, 5.74) is -0.584. The zero-order chi connectivity index (χ0) is 15.5. The highest BCUT2D eigenvalue weighted by molar-refractivity contribution is 7.99. The van der Waals surface area contributed by atoms with Crippen molar-refractivity contribution < 1.29 is 23.4 Å². The first-order valence-electron chi connectivity index (χ1n) is 6.14. The van der Waals surface area contributed by atoms with Crippen molar-refractivity contribution in [3.05, 3.63) is 59.7 Å². The summed E-state index contributed by atoms with van der Waals surface area (Å²) in [7, 11) is 0. The SMILES string of the molecule is Oc1ccccc1SCC(O)c1cccc(C(F)(F)F)c1. The van der Waals surface area contributed by atoms with Crippen LogP contribution in [0, 0.1) is 0 Å². The lowest BCUT2D eigenvalue weighted by Gasteiger charge is -2.13. The summed E-state index contributed by atoms with van der Waals surface area (Å²) in [5, 5.41) is 19.6. The first-order chi connectivity index (χ1) is 9.88. The molecular formula is C15H13F3O2S. The largest absolute Gasteiger partial charge is 0.507 e. The summed E-state index contributed by atoms with van der Waals surface area (Å²) in [6.45, 7) is 0. The number of hydrogen-bond donors (Lipinski definition) is 2. The van der Waals surface area contributed by atoms with Crippen molar-refractivity contribution in [2.75, 3.05) is 5.75 Å². The van der Waals surface area contributed by atoms with Crippen LogP contribution in [0.5, 0.6) is 5.75 Å². The van der Waals surface area contributed by atoms with Crippen LogP contribution in [-0.2, 0) is 6.18 Å². The van der Waals surface area contributed by atoms with Crippen LogP contribution in [0.3, 0.4) is 0 Å². The predicted octanol–water partition coefficient (Wildman–Crippen LogP) is 4.24. The van der Waals surface area contributed by atoms with Crippen LogP contribution in [0.2, 0.25) is 0 Å². The van der Waals surface area contributed by atoms with E-state index in [2.05, 4.69) is 0 Å². The van der Waals surface area contributed by atoms with Crippen LogP contribution in [0.15, 0.2) is 53.4 Å². The topological polar surface area (TPSA) is 40.5 Å². The van der Waals surface area contributed by atoms with Gasteiger partial charge in [0, 0.05) is 10.6 Å². The lowest BCUT2D eigenvalue weighted by molar-refractivity contribution is -0.137. The molecule has 0 aliphatic heterocycles. The van der Waals surface area contributed by atoms with Crippen LogP contribution < -0.4 is 0 Å². The number of halogens is 3. The smallest absolute Gasteiger partial charge is 0.416 e. The van der Waals surface area contributed by atoms with Gasteiger partial charge >= 0.3 is 6.18 Å². The van der Waals surface area contributed by atoms with E-state index in [0.717, 1.165) is 12.1 Å². The molecule has 0 fully saturated rings. The van der Waals surface area contributed by atoms with Gasteiger partial charge in [0.05, 0.1) is 11.7 Å². The van der Waals surface area contributed by atoms with E-state index in [0.29, 0.717) is 4.90 Å². The van der Waals surface area contributed by atoms with E-state index in [-0.39, 0.29) is 17.1 Å². The van der Waals surface area contributed by atoms with Crippen LogP contribution in [-0.4, -0.2) is 16.0 Å². The Morgan fingerprint density at radius 2 is 1.76 bits per heavy atom. The fourth-order valence-corrected chi connectivity index (χ4v) is 2.69. The molecule has 2 rings (SSSR count). The van der Waals surface area contributed by atoms with Crippen LogP contribution in [0.25, 0.3) is 0 Å². The quantitative estimate of drug-likeness (QED) is 0.829. The number of aliphatic hydroxyl groups is 1. The maximum absolute atomic E-state index is 12.6. The van der Waals surface area contributed by atoms with E-state index < -0.39 is 17.8 Å². The van der Waals surface area contributed by atoms with Crippen molar-refractivity contribution in [1.29, 1.82) is 0 Å². The molecule has 1 unspecified atom stereocenters. The zero-order valence-corrected chi connectivity index (χ0v) is 11.7. The Bertz CT molecular complexity index is 614. The number of aliphatic hydroxyl groups excluding tert-OH is 1. The summed E-state index contributed by atoms with van der Waals surface area (Å²) in [6, 6.07) is 11.2. The molecule has 2 nitrogen and oxygen atoms in total. The molecule has 0 aliphatic rings. The molecule has 1 atom stereocenters. The van der Waals surface area contributed by atoms with Gasteiger partial charge in [0.25, 0.3) is 0 Å². The summed E-state index contributed by atoms with van der Waals surface area (Å²) < 4.78 is 37.8. The number of rotatable bonds is 4. The average molecular weight is 314 g/mol. The van der Waals surface area contributed by atoms with Gasteiger partial charge in [-0.25, -0.2) is 0 Å². The molecule has 0 saturated heterocycles. The molecule has 2 aromatic rings. The molecule has 0 radical (unpaired) electrons. The number of phenolic OH excluding ortho intramolecular Hbond substituents is 1. The minimum atomic E-state index is -4.43. The normalized spacial score (nSPS) is 13.1. The monoisotopic (exact) mass is 314 g/mol. The standard InChI is InChI=1S/C15H13F3O2S/c16-15(17,18)11-5-3-4-10(8-11)13(20)9-21-14-7-2-1-6-12(14)19/h1-8,13,19-20H,9H2. The highest BCUT2D eigenvalue weighted by Gasteiger charge is 2.30. The van der Waals surface area contributed by atoms with Gasteiger partial charge in [-0.05, 0) is 29.8 Å². The van der Waals surface area contributed by atoms with Crippen LogP contribution in [0.1, 0.15) is 17.2 Å². The molecule has 0 bridgehead atoms. The second-order valence-electron chi connectivity index (χ2n) is 4.42. The fourth-order valence-electron chi connectivity index (χ4n) is 1.77. The minimum absolute atomic E-state index is 0.0822. The highest BCUT2D eigenvalue weighted by Crippen LogP contribution is 2.33. The molecule has 0 heterocycles. The zero-order valence-electron chi connectivity index (χ0n) is 10.8.